The molecule has 0 bridgehead atoms. The molecule has 2 rings (SSSR count). The zero-order chi connectivity index (χ0) is 18.9. The average Bonchev–Trinajstić information content (AvgIpc) is 2.86. The van der Waals surface area contributed by atoms with Crippen LogP contribution in [0.5, 0.6) is 0 Å². The molecular weight excluding hydrogens is 330 g/mol. The van der Waals surface area contributed by atoms with Crippen LogP contribution in [0.15, 0.2) is 41.5 Å². The van der Waals surface area contributed by atoms with Crippen molar-refractivity contribution in [1.29, 1.82) is 0 Å². The Bertz CT molecular complexity index is 679. The summed E-state index contributed by atoms with van der Waals surface area (Å²) < 4.78 is 0. The van der Waals surface area contributed by atoms with Crippen LogP contribution in [-0.2, 0) is 14.4 Å². The number of unbranched alkanes of at least 4 members (excludes halogenated alkanes) is 5. The number of benzene rings is 1. The Kier molecular flexibility index (Phi) is 7.57. The van der Waals surface area contributed by atoms with Crippen molar-refractivity contribution in [2.24, 2.45) is 0 Å². The van der Waals surface area contributed by atoms with Crippen molar-refractivity contribution in [3.8, 4) is 0 Å². The Morgan fingerprint density at radius 2 is 1.46 bits per heavy atom. The predicted octanol–water partition coefficient (Wildman–Crippen LogP) is 4.47. The van der Waals surface area contributed by atoms with E-state index in [2.05, 4.69) is 6.92 Å². The summed E-state index contributed by atoms with van der Waals surface area (Å²) in [6, 6.07) is 8.82. The number of para-hydroxylation sites is 1. The fraction of sp³-hybridized carbons (Fsp3) is 0.476. The van der Waals surface area contributed by atoms with Crippen molar-refractivity contribution in [1.82, 2.24) is 0 Å². The molecule has 0 saturated carbocycles. The van der Waals surface area contributed by atoms with Crippen LogP contribution in [0.3, 0.4) is 0 Å². The number of rotatable bonds is 11. The molecular formula is C21H27NO4. The lowest BCUT2D eigenvalue weighted by Gasteiger charge is -2.15. The summed E-state index contributed by atoms with van der Waals surface area (Å²) in [6.07, 6.45) is 7.07. The monoisotopic (exact) mass is 357 g/mol. The summed E-state index contributed by atoms with van der Waals surface area (Å²) in [5.41, 5.74) is 1.40. The van der Waals surface area contributed by atoms with Gasteiger partial charge in [-0.1, -0.05) is 57.2 Å². The van der Waals surface area contributed by atoms with E-state index in [0.29, 0.717) is 23.3 Å². The van der Waals surface area contributed by atoms with Gasteiger partial charge in [0.05, 0.1) is 5.69 Å². The number of hydrogen-bond donors (Lipinski definition) is 1. The summed E-state index contributed by atoms with van der Waals surface area (Å²) in [6.45, 7) is 2.17. The number of anilines is 1. The van der Waals surface area contributed by atoms with E-state index in [-0.39, 0.29) is 24.7 Å². The summed E-state index contributed by atoms with van der Waals surface area (Å²) in [4.78, 5) is 37.7. The molecule has 1 aliphatic rings. The molecule has 1 heterocycles. The normalized spacial score (nSPS) is 14.4. The number of imide groups is 1. The van der Waals surface area contributed by atoms with Crippen LogP contribution in [0.1, 0.15) is 64.7 Å². The maximum Gasteiger partial charge on any atom is 0.303 e. The first-order valence-electron chi connectivity index (χ1n) is 9.44. The molecule has 0 fully saturated rings. The van der Waals surface area contributed by atoms with E-state index >= 15 is 0 Å². The van der Waals surface area contributed by atoms with E-state index < -0.39 is 5.97 Å². The van der Waals surface area contributed by atoms with Crippen molar-refractivity contribution in [2.45, 2.75) is 64.7 Å². The number of carboxylic acid groups (broad SMARTS) is 1. The molecule has 5 heteroatoms. The summed E-state index contributed by atoms with van der Waals surface area (Å²) in [5.74, 6) is -1.63. The van der Waals surface area contributed by atoms with E-state index in [9.17, 15) is 14.4 Å². The minimum Gasteiger partial charge on any atom is -0.481 e. The molecule has 1 aromatic carbocycles. The second kappa shape index (κ2) is 9.90. The Hall–Kier alpha value is -2.43. The number of aliphatic carboxylic acids is 1. The minimum absolute atomic E-state index is 0.106. The van der Waals surface area contributed by atoms with Crippen molar-refractivity contribution in [2.75, 3.05) is 4.90 Å². The number of amides is 2. The van der Waals surface area contributed by atoms with Gasteiger partial charge in [0.2, 0.25) is 0 Å². The van der Waals surface area contributed by atoms with Crippen LogP contribution in [0.2, 0.25) is 0 Å². The first-order valence-corrected chi connectivity index (χ1v) is 9.44. The predicted molar refractivity (Wildman–Crippen MR) is 101 cm³/mol. The molecule has 1 aliphatic heterocycles. The van der Waals surface area contributed by atoms with Gasteiger partial charge in [0.1, 0.15) is 0 Å². The van der Waals surface area contributed by atoms with Crippen LogP contribution in [0.25, 0.3) is 0 Å². The van der Waals surface area contributed by atoms with E-state index in [4.69, 9.17) is 5.11 Å². The zero-order valence-electron chi connectivity index (χ0n) is 15.4. The Morgan fingerprint density at radius 3 is 2.08 bits per heavy atom. The highest BCUT2D eigenvalue weighted by Crippen LogP contribution is 2.32. The van der Waals surface area contributed by atoms with Crippen LogP contribution < -0.4 is 4.90 Å². The first-order chi connectivity index (χ1) is 12.6. The van der Waals surface area contributed by atoms with Crippen LogP contribution in [-0.4, -0.2) is 22.9 Å². The van der Waals surface area contributed by atoms with Crippen LogP contribution >= 0.6 is 0 Å². The van der Waals surface area contributed by atoms with Crippen LogP contribution in [0, 0.1) is 0 Å². The SMILES string of the molecule is CCCCCCCCC1=C(CCC(=O)O)C(=O)N(c2ccccc2)C1=O. The van der Waals surface area contributed by atoms with Gasteiger partial charge >= 0.3 is 5.97 Å². The lowest BCUT2D eigenvalue weighted by Crippen LogP contribution is -2.31. The smallest absolute Gasteiger partial charge is 0.303 e. The van der Waals surface area contributed by atoms with E-state index in [1.807, 2.05) is 6.07 Å². The highest BCUT2D eigenvalue weighted by Gasteiger charge is 2.38. The molecule has 0 spiro atoms. The summed E-state index contributed by atoms with van der Waals surface area (Å²) in [7, 11) is 0. The van der Waals surface area contributed by atoms with Gasteiger partial charge in [-0.2, -0.15) is 0 Å². The number of carboxylic acids is 1. The van der Waals surface area contributed by atoms with Gasteiger partial charge in [0.15, 0.2) is 0 Å². The fourth-order valence-electron chi connectivity index (χ4n) is 3.26. The van der Waals surface area contributed by atoms with Gasteiger partial charge in [-0.25, -0.2) is 4.90 Å². The third-order valence-electron chi connectivity index (χ3n) is 4.67. The van der Waals surface area contributed by atoms with Crippen LogP contribution in [0.4, 0.5) is 5.69 Å². The van der Waals surface area contributed by atoms with Gasteiger partial charge < -0.3 is 5.11 Å². The summed E-state index contributed by atoms with van der Waals surface area (Å²) in [5, 5.41) is 8.96. The third kappa shape index (κ3) is 5.04. The highest BCUT2D eigenvalue weighted by atomic mass is 16.4. The fourth-order valence-corrected chi connectivity index (χ4v) is 3.26. The largest absolute Gasteiger partial charge is 0.481 e. The molecule has 1 N–H and O–H groups in total. The molecule has 0 aromatic heterocycles. The van der Waals surface area contributed by atoms with Gasteiger partial charge in [0, 0.05) is 17.6 Å². The molecule has 0 unspecified atom stereocenters. The third-order valence-corrected chi connectivity index (χ3v) is 4.67. The van der Waals surface area contributed by atoms with E-state index in [0.717, 1.165) is 19.3 Å². The van der Waals surface area contributed by atoms with Crippen molar-refractivity contribution in [3.05, 3.63) is 41.5 Å². The highest BCUT2D eigenvalue weighted by molar-refractivity contribution is 6.32. The molecule has 0 saturated heterocycles. The lowest BCUT2D eigenvalue weighted by molar-refractivity contribution is -0.137. The van der Waals surface area contributed by atoms with Crippen molar-refractivity contribution >= 4 is 23.5 Å². The van der Waals surface area contributed by atoms with Gasteiger partial charge in [-0.15, -0.1) is 0 Å². The van der Waals surface area contributed by atoms with Gasteiger partial charge in [-0.3, -0.25) is 14.4 Å². The topological polar surface area (TPSA) is 74.7 Å². The standard InChI is InChI=1S/C21H27NO4/c1-2-3-4-5-6-10-13-17-18(14-15-19(23)24)21(26)22(20(17)25)16-11-8-7-9-12-16/h7-9,11-12H,2-6,10,13-15H2,1H3,(H,23,24). The van der Waals surface area contributed by atoms with Gasteiger partial charge in [-0.05, 0) is 31.4 Å². The molecule has 26 heavy (non-hydrogen) atoms. The molecule has 0 atom stereocenters. The first kappa shape index (κ1) is 19.9. The molecule has 140 valence electrons. The average molecular weight is 357 g/mol. The lowest BCUT2D eigenvalue weighted by atomic mass is 9.99. The molecule has 5 nitrogen and oxygen atoms in total. The second-order valence-corrected chi connectivity index (χ2v) is 6.65. The minimum atomic E-state index is -0.963. The number of nitrogens with zero attached hydrogens (tertiary/aromatic N) is 1. The molecule has 0 aliphatic carbocycles. The second-order valence-electron chi connectivity index (χ2n) is 6.65. The summed E-state index contributed by atoms with van der Waals surface area (Å²) >= 11 is 0. The van der Waals surface area contributed by atoms with Crippen molar-refractivity contribution in [3.63, 3.8) is 0 Å². The maximum atomic E-state index is 12.8. The Balaban J connectivity index is 2.10. The number of hydrogen-bond acceptors (Lipinski definition) is 3. The Morgan fingerprint density at radius 1 is 0.885 bits per heavy atom. The van der Waals surface area contributed by atoms with E-state index in [1.54, 1.807) is 24.3 Å². The molecule has 2 amide bonds. The number of carbonyl (C=O) groups excluding carboxylic acids is 2. The van der Waals surface area contributed by atoms with Crippen molar-refractivity contribution < 1.29 is 19.5 Å². The van der Waals surface area contributed by atoms with Gasteiger partial charge in [0.25, 0.3) is 11.8 Å². The maximum absolute atomic E-state index is 12.8. The molecule has 1 aromatic rings. The molecule has 0 radical (unpaired) electrons. The zero-order valence-corrected chi connectivity index (χ0v) is 15.4. The Labute approximate surface area is 154 Å². The van der Waals surface area contributed by atoms with E-state index in [1.165, 1.54) is 24.2 Å². The number of carbonyl (C=O) groups is 3. The quantitative estimate of drug-likeness (QED) is 0.468.